The second-order valence-electron chi connectivity index (χ2n) is 16.0. The van der Waals surface area contributed by atoms with Crippen molar-refractivity contribution in [1.82, 2.24) is 9.97 Å². The minimum atomic E-state index is 0.712. The second-order valence-corrected chi connectivity index (χ2v) is 18.1. The van der Waals surface area contributed by atoms with Gasteiger partial charge in [-0.25, -0.2) is 9.97 Å². The molecule has 0 aliphatic carbocycles. The van der Waals surface area contributed by atoms with Gasteiger partial charge in [0.05, 0.1) is 11.4 Å². The Balaban J connectivity index is 1.12. The lowest BCUT2D eigenvalue weighted by atomic mass is 9.87. The van der Waals surface area contributed by atoms with Gasteiger partial charge in [0.15, 0.2) is 5.82 Å². The van der Waals surface area contributed by atoms with Gasteiger partial charge in [0, 0.05) is 57.0 Å². The molecule has 0 N–H and O–H groups in total. The molecular weight excluding hydrogens is 789 g/mol. The maximum absolute atomic E-state index is 5.67. The summed E-state index contributed by atoms with van der Waals surface area (Å²) in [6, 6.07) is 75.0. The largest absolute Gasteiger partial charge is 0.228 e. The lowest BCUT2D eigenvalue weighted by Crippen LogP contribution is -1.99. The van der Waals surface area contributed by atoms with Crippen LogP contribution in [0.2, 0.25) is 0 Å². The molecule has 4 heteroatoms. The van der Waals surface area contributed by atoms with E-state index in [2.05, 4.69) is 206 Å². The van der Waals surface area contributed by atoms with Gasteiger partial charge in [0.1, 0.15) is 0 Å². The molecule has 3 heterocycles. The molecule has 0 unspecified atom stereocenters. The summed E-state index contributed by atoms with van der Waals surface area (Å²) < 4.78 is 5.01. The van der Waals surface area contributed by atoms with Crippen LogP contribution in [0.3, 0.4) is 0 Å². The van der Waals surface area contributed by atoms with Gasteiger partial charge in [0.25, 0.3) is 0 Å². The molecule has 13 rings (SSSR count). The third-order valence-corrected chi connectivity index (χ3v) is 14.9. The summed E-state index contributed by atoms with van der Waals surface area (Å²) in [6.45, 7) is 0. The predicted octanol–water partition coefficient (Wildman–Crippen LogP) is 17.0. The van der Waals surface area contributed by atoms with Crippen LogP contribution in [0.25, 0.3) is 129 Å². The predicted molar refractivity (Wildman–Crippen MR) is 268 cm³/mol. The zero-order valence-electron chi connectivity index (χ0n) is 33.3. The SMILES string of the molecule is c1ccc(-c2ccc3cc(-c4ccc5ccccc5c4-c4nc(-c5cccc6c5sc5ccccc56)cc(-c5cccc6c5sc5ccccc56)n4)c4ccccc4c3c2)cc1. The topological polar surface area (TPSA) is 25.8 Å². The van der Waals surface area contributed by atoms with Crippen molar-refractivity contribution in [2.75, 3.05) is 0 Å². The molecule has 62 heavy (non-hydrogen) atoms. The molecule has 3 aromatic heterocycles. The third kappa shape index (κ3) is 5.54. The maximum atomic E-state index is 5.67. The Morgan fingerprint density at radius 3 is 1.52 bits per heavy atom. The van der Waals surface area contributed by atoms with Crippen molar-refractivity contribution < 1.29 is 0 Å². The van der Waals surface area contributed by atoms with Crippen LogP contribution in [0.1, 0.15) is 0 Å². The Morgan fingerprint density at radius 2 is 0.839 bits per heavy atom. The summed E-state index contributed by atoms with van der Waals surface area (Å²) in [5.74, 6) is 0.712. The van der Waals surface area contributed by atoms with E-state index in [-0.39, 0.29) is 0 Å². The van der Waals surface area contributed by atoms with Gasteiger partial charge in [-0.15, -0.1) is 22.7 Å². The van der Waals surface area contributed by atoms with E-state index in [4.69, 9.17) is 9.97 Å². The highest BCUT2D eigenvalue weighted by atomic mass is 32.1. The number of hydrogen-bond acceptors (Lipinski definition) is 4. The first kappa shape index (κ1) is 35.3. The van der Waals surface area contributed by atoms with Crippen molar-refractivity contribution in [3.63, 3.8) is 0 Å². The molecule has 0 saturated carbocycles. The zero-order valence-corrected chi connectivity index (χ0v) is 35.0. The molecule has 288 valence electrons. The molecule has 0 fully saturated rings. The van der Waals surface area contributed by atoms with Gasteiger partial charge in [0.2, 0.25) is 0 Å². The van der Waals surface area contributed by atoms with Gasteiger partial charge >= 0.3 is 0 Å². The van der Waals surface area contributed by atoms with Gasteiger partial charge in [-0.05, 0) is 84.9 Å². The lowest BCUT2D eigenvalue weighted by Gasteiger charge is -2.18. The number of benzene rings is 10. The van der Waals surface area contributed by atoms with E-state index in [1.165, 1.54) is 73.0 Å². The van der Waals surface area contributed by atoms with Crippen LogP contribution in [0.5, 0.6) is 0 Å². The Morgan fingerprint density at radius 1 is 0.290 bits per heavy atom. The van der Waals surface area contributed by atoms with E-state index >= 15 is 0 Å². The van der Waals surface area contributed by atoms with Crippen molar-refractivity contribution in [3.8, 4) is 56.2 Å². The molecule has 0 bridgehead atoms. The van der Waals surface area contributed by atoms with Crippen LogP contribution in [0, 0.1) is 0 Å². The summed E-state index contributed by atoms with van der Waals surface area (Å²) in [6.07, 6.45) is 0. The van der Waals surface area contributed by atoms with Crippen molar-refractivity contribution in [3.05, 3.63) is 206 Å². The first-order valence-electron chi connectivity index (χ1n) is 21.0. The summed E-state index contributed by atoms with van der Waals surface area (Å²) in [5.41, 5.74) is 9.78. The van der Waals surface area contributed by atoms with Gasteiger partial charge in [-0.3, -0.25) is 0 Å². The minimum absolute atomic E-state index is 0.712. The highest BCUT2D eigenvalue weighted by Crippen LogP contribution is 2.46. The van der Waals surface area contributed by atoms with Gasteiger partial charge in [-0.1, -0.05) is 176 Å². The highest BCUT2D eigenvalue weighted by Gasteiger charge is 2.22. The fourth-order valence-electron chi connectivity index (χ4n) is 9.60. The van der Waals surface area contributed by atoms with Gasteiger partial charge in [-0.2, -0.15) is 0 Å². The smallest absolute Gasteiger partial charge is 0.161 e. The summed E-state index contributed by atoms with van der Waals surface area (Å²) in [7, 11) is 0. The first-order chi connectivity index (χ1) is 30.7. The molecule has 0 radical (unpaired) electrons. The van der Waals surface area contributed by atoms with Gasteiger partial charge < -0.3 is 0 Å². The molecule has 10 aromatic carbocycles. The van der Waals surface area contributed by atoms with Crippen molar-refractivity contribution in [1.29, 1.82) is 0 Å². The van der Waals surface area contributed by atoms with E-state index in [0.717, 1.165) is 50.0 Å². The van der Waals surface area contributed by atoms with E-state index in [9.17, 15) is 0 Å². The summed E-state index contributed by atoms with van der Waals surface area (Å²) in [4.78, 5) is 11.3. The molecule has 0 aliphatic rings. The van der Waals surface area contributed by atoms with Crippen LogP contribution >= 0.6 is 22.7 Å². The number of rotatable bonds is 5. The second kappa shape index (κ2) is 14.0. The Hall–Kier alpha value is -7.50. The average Bonchev–Trinajstić information content (AvgIpc) is 3.92. The molecule has 0 saturated heterocycles. The molecule has 0 amide bonds. The number of nitrogens with zero attached hydrogens (tertiary/aromatic N) is 2. The van der Waals surface area contributed by atoms with E-state index in [1.807, 2.05) is 22.7 Å². The fourth-order valence-corrected chi connectivity index (χ4v) is 12.1. The standard InChI is InChI=1S/C58H34N2S2/c1-2-14-35(15-3-1)37-28-29-38-33-50(41-19-7-6-18-40(41)49(38)32-37)44-31-30-36-16-4-5-17-39(36)55(44)58-59-51(47-24-12-22-45-42-20-8-10-26-53(42)61-56(45)47)34-52(60-58)48-25-13-23-46-43-21-9-11-27-54(43)62-57(46)48/h1-34H. The van der Waals surface area contributed by atoms with Crippen LogP contribution < -0.4 is 0 Å². The molecule has 0 aliphatic heterocycles. The Bertz CT molecular complexity index is 3800. The lowest BCUT2D eigenvalue weighted by molar-refractivity contribution is 1.19. The van der Waals surface area contributed by atoms with E-state index in [1.54, 1.807) is 0 Å². The molecular formula is C58H34N2S2. The van der Waals surface area contributed by atoms with Crippen molar-refractivity contribution in [2.45, 2.75) is 0 Å². The van der Waals surface area contributed by atoms with E-state index < -0.39 is 0 Å². The zero-order chi connectivity index (χ0) is 40.7. The first-order valence-corrected chi connectivity index (χ1v) is 22.6. The number of thiophene rings is 2. The highest BCUT2D eigenvalue weighted by molar-refractivity contribution is 7.26. The monoisotopic (exact) mass is 822 g/mol. The number of hydrogen-bond donors (Lipinski definition) is 0. The number of aromatic nitrogens is 2. The molecule has 13 aromatic rings. The van der Waals surface area contributed by atoms with Crippen molar-refractivity contribution >= 4 is 95.3 Å². The molecule has 0 atom stereocenters. The average molecular weight is 823 g/mol. The van der Waals surface area contributed by atoms with Crippen LogP contribution in [0.15, 0.2) is 206 Å². The maximum Gasteiger partial charge on any atom is 0.161 e. The summed E-state index contributed by atoms with van der Waals surface area (Å²) >= 11 is 3.68. The van der Waals surface area contributed by atoms with Crippen LogP contribution in [-0.2, 0) is 0 Å². The Labute approximate surface area is 365 Å². The van der Waals surface area contributed by atoms with Crippen molar-refractivity contribution in [2.24, 2.45) is 0 Å². The van der Waals surface area contributed by atoms with Crippen LogP contribution in [-0.4, -0.2) is 9.97 Å². The number of fused-ring (bicyclic) bond motifs is 10. The molecule has 0 spiro atoms. The third-order valence-electron chi connectivity index (χ3n) is 12.5. The quantitative estimate of drug-likeness (QED) is 0.162. The fraction of sp³-hybridized carbons (Fsp3) is 0. The van der Waals surface area contributed by atoms with E-state index in [0.29, 0.717) is 5.82 Å². The normalized spacial score (nSPS) is 11.9. The van der Waals surface area contributed by atoms with Crippen LogP contribution in [0.4, 0.5) is 0 Å². The molecule has 2 nitrogen and oxygen atoms in total. The summed E-state index contributed by atoms with van der Waals surface area (Å²) in [5, 5.41) is 12.2. The Kier molecular flexibility index (Phi) is 7.99. The minimum Gasteiger partial charge on any atom is -0.228 e.